The van der Waals surface area contributed by atoms with Crippen LogP contribution in [0.4, 0.5) is 0 Å². The van der Waals surface area contributed by atoms with Gasteiger partial charge in [-0.3, -0.25) is 4.79 Å². The molecule has 0 aromatic rings. The number of hydrogen-bond donors (Lipinski definition) is 0. The molecular formula is C10H15ClO3. The minimum Gasteiger partial charge on any atom is -0.460 e. The predicted octanol–water partition coefficient (Wildman–Crippen LogP) is 2.29. The van der Waals surface area contributed by atoms with Crippen LogP contribution in [-0.2, 0) is 14.3 Å². The summed E-state index contributed by atoms with van der Waals surface area (Å²) in [4.78, 5) is 22.1. The third-order valence-corrected chi connectivity index (χ3v) is 2.13. The van der Waals surface area contributed by atoms with E-state index >= 15 is 0 Å². The fraction of sp³-hybridized carbons (Fsp3) is 0.600. The van der Waals surface area contributed by atoms with Crippen molar-refractivity contribution in [1.29, 1.82) is 0 Å². The summed E-state index contributed by atoms with van der Waals surface area (Å²) >= 11 is 5.83. The summed E-state index contributed by atoms with van der Waals surface area (Å²) in [5.74, 6) is -1.58. The molecule has 0 aliphatic heterocycles. The maximum Gasteiger partial charge on any atom is 0.379 e. The average Bonchev–Trinajstić information content (AvgIpc) is 2.02. The molecule has 3 nitrogen and oxygen atoms in total. The molecule has 0 N–H and O–H groups in total. The van der Waals surface area contributed by atoms with Crippen molar-refractivity contribution in [3.8, 4) is 0 Å². The second-order valence-corrected chi connectivity index (χ2v) is 4.23. The van der Waals surface area contributed by atoms with Crippen molar-refractivity contribution >= 4 is 23.4 Å². The number of ketones is 1. The highest BCUT2D eigenvalue weighted by Gasteiger charge is 2.19. The van der Waals surface area contributed by atoms with Gasteiger partial charge in [-0.15, -0.1) is 0 Å². The van der Waals surface area contributed by atoms with E-state index in [2.05, 4.69) is 4.74 Å². The number of halogens is 1. The lowest BCUT2D eigenvalue weighted by Gasteiger charge is -2.16. The zero-order chi connectivity index (χ0) is 11.4. The largest absolute Gasteiger partial charge is 0.460 e. The Morgan fingerprint density at radius 3 is 2.21 bits per heavy atom. The van der Waals surface area contributed by atoms with Gasteiger partial charge < -0.3 is 4.74 Å². The maximum absolute atomic E-state index is 11.2. The third kappa shape index (κ3) is 4.42. The fourth-order valence-corrected chi connectivity index (χ4v) is 0.692. The lowest BCUT2D eigenvalue weighted by Crippen LogP contribution is -2.17. The van der Waals surface area contributed by atoms with Crippen molar-refractivity contribution in [2.75, 3.05) is 6.61 Å². The van der Waals surface area contributed by atoms with Crippen LogP contribution in [0.2, 0.25) is 0 Å². The molecule has 0 saturated carbocycles. The van der Waals surface area contributed by atoms with Crippen molar-refractivity contribution in [3.63, 3.8) is 0 Å². The monoisotopic (exact) mass is 218 g/mol. The average molecular weight is 219 g/mol. The molecule has 0 spiro atoms. The van der Waals surface area contributed by atoms with Crippen LogP contribution >= 0.6 is 11.6 Å². The maximum atomic E-state index is 11.2. The molecule has 0 amide bonds. The molecule has 0 saturated heterocycles. The zero-order valence-corrected chi connectivity index (χ0v) is 9.64. The summed E-state index contributed by atoms with van der Waals surface area (Å²) < 4.78 is 4.53. The van der Waals surface area contributed by atoms with Crippen molar-refractivity contribution in [2.24, 2.45) is 5.41 Å². The first-order valence-corrected chi connectivity index (χ1v) is 4.75. The SMILES string of the molecule is CCOC(=O)C(=O)/C=C(\Cl)C(C)(C)C. The summed E-state index contributed by atoms with van der Waals surface area (Å²) in [6.45, 7) is 7.38. The molecule has 0 aliphatic rings. The summed E-state index contributed by atoms with van der Waals surface area (Å²) in [6, 6.07) is 0. The highest BCUT2D eigenvalue weighted by atomic mass is 35.5. The minimum atomic E-state index is -0.866. The Kier molecular flexibility index (Phi) is 4.85. The fourth-order valence-electron chi connectivity index (χ4n) is 0.593. The first kappa shape index (κ1) is 13.2. The number of esters is 1. The molecule has 0 heterocycles. The van der Waals surface area contributed by atoms with Crippen molar-refractivity contribution in [1.82, 2.24) is 0 Å². The van der Waals surface area contributed by atoms with Crippen LogP contribution in [0.25, 0.3) is 0 Å². The van der Waals surface area contributed by atoms with E-state index in [1.807, 2.05) is 20.8 Å². The van der Waals surface area contributed by atoms with Crippen molar-refractivity contribution in [2.45, 2.75) is 27.7 Å². The van der Waals surface area contributed by atoms with E-state index in [4.69, 9.17) is 11.6 Å². The minimum absolute atomic E-state index is 0.186. The summed E-state index contributed by atoms with van der Waals surface area (Å²) in [5, 5.41) is 0.343. The van der Waals surface area contributed by atoms with Crippen LogP contribution in [0, 0.1) is 5.41 Å². The van der Waals surface area contributed by atoms with Gasteiger partial charge in [0.15, 0.2) is 0 Å². The van der Waals surface area contributed by atoms with E-state index in [-0.39, 0.29) is 12.0 Å². The van der Waals surface area contributed by atoms with E-state index in [1.54, 1.807) is 6.92 Å². The van der Waals surface area contributed by atoms with Gasteiger partial charge in [0.05, 0.1) is 6.61 Å². The van der Waals surface area contributed by atoms with Crippen LogP contribution in [0.3, 0.4) is 0 Å². The number of carbonyl (C=O) groups is 2. The van der Waals surface area contributed by atoms with Gasteiger partial charge in [0.25, 0.3) is 5.78 Å². The van der Waals surface area contributed by atoms with Gasteiger partial charge >= 0.3 is 5.97 Å². The van der Waals surface area contributed by atoms with E-state index in [0.29, 0.717) is 5.03 Å². The van der Waals surface area contributed by atoms with Crippen molar-refractivity contribution in [3.05, 3.63) is 11.1 Å². The van der Waals surface area contributed by atoms with Gasteiger partial charge in [-0.25, -0.2) is 4.79 Å². The molecule has 0 radical (unpaired) electrons. The van der Waals surface area contributed by atoms with E-state index < -0.39 is 11.8 Å². The predicted molar refractivity (Wildman–Crippen MR) is 55.0 cm³/mol. The first-order chi connectivity index (χ1) is 6.29. The third-order valence-electron chi connectivity index (χ3n) is 1.45. The number of allylic oxidation sites excluding steroid dienone is 1. The normalized spacial score (nSPS) is 12.5. The van der Waals surface area contributed by atoms with Crippen LogP contribution < -0.4 is 0 Å². The number of rotatable bonds is 3. The molecule has 80 valence electrons. The first-order valence-electron chi connectivity index (χ1n) is 4.37. The Balaban J connectivity index is 4.52. The van der Waals surface area contributed by atoms with Crippen LogP contribution in [0.15, 0.2) is 11.1 Å². The van der Waals surface area contributed by atoms with Crippen molar-refractivity contribution < 1.29 is 14.3 Å². The molecule has 0 aromatic heterocycles. The molecular weight excluding hydrogens is 204 g/mol. The number of carbonyl (C=O) groups excluding carboxylic acids is 2. The van der Waals surface area contributed by atoms with Crippen LogP contribution in [0.5, 0.6) is 0 Å². The van der Waals surface area contributed by atoms with Crippen LogP contribution in [-0.4, -0.2) is 18.4 Å². The Bertz CT molecular complexity index is 261. The number of hydrogen-bond acceptors (Lipinski definition) is 3. The molecule has 0 rings (SSSR count). The molecule has 0 unspecified atom stereocenters. The van der Waals surface area contributed by atoms with Gasteiger partial charge in [0.2, 0.25) is 0 Å². The Morgan fingerprint density at radius 1 is 1.36 bits per heavy atom. The molecule has 0 bridgehead atoms. The molecule has 4 heteroatoms. The van der Waals surface area contributed by atoms with Gasteiger partial charge in [0.1, 0.15) is 0 Å². The molecule has 0 aliphatic carbocycles. The Labute approximate surface area is 89.1 Å². The second kappa shape index (κ2) is 5.15. The van der Waals surface area contributed by atoms with Crippen LogP contribution in [0.1, 0.15) is 27.7 Å². The molecule has 0 aromatic carbocycles. The lowest BCUT2D eigenvalue weighted by molar-refractivity contribution is -0.151. The lowest BCUT2D eigenvalue weighted by atomic mass is 9.95. The second-order valence-electron chi connectivity index (χ2n) is 3.83. The summed E-state index contributed by atoms with van der Waals surface area (Å²) in [5.41, 5.74) is -0.330. The molecule has 0 atom stereocenters. The van der Waals surface area contributed by atoms with E-state index in [0.717, 1.165) is 6.08 Å². The van der Waals surface area contributed by atoms with Gasteiger partial charge in [-0.05, 0) is 12.3 Å². The van der Waals surface area contributed by atoms with Gasteiger partial charge in [0, 0.05) is 11.1 Å². The highest BCUT2D eigenvalue weighted by Crippen LogP contribution is 2.28. The highest BCUT2D eigenvalue weighted by molar-refractivity contribution is 6.42. The summed E-state index contributed by atoms with van der Waals surface area (Å²) in [6.07, 6.45) is 1.11. The molecule has 14 heavy (non-hydrogen) atoms. The zero-order valence-electron chi connectivity index (χ0n) is 8.89. The topological polar surface area (TPSA) is 43.4 Å². The standard InChI is InChI=1S/C10H15ClO3/c1-5-14-9(13)7(12)6-8(11)10(2,3)4/h6H,5H2,1-4H3/b8-6-. The van der Waals surface area contributed by atoms with Gasteiger partial charge in [-0.1, -0.05) is 32.4 Å². The van der Waals surface area contributed by atoms with E-state index in [1.165, 1.54) is 0 Å². The molecule has 0 fully saturated rings. The van der Waals surface area contributed by atoms with E-state index in [9.17, 15) is 9.59 Å². The smallest absolute Gasteiger partial charge is 0.379 e. The number of ether oxygens (including phenoxy) is 1. The van der Waals surface area contributed by atoms with Gasteiger partial charge in [-0.2, -0.15) is 0 Å². The quantitative estimate of drug-likeness (QED) is 0.415. The Morgan fingerprint density at radius 2 is 1.86 bits per heavy atom. The summed E-state index contributed by atoms with van der Waals surface area (Å²) in [7, 11) is 0. The Hall–Kier alpha value is -0.830.